The lowest BCUT2D eigenvalue weighted by Gasteiger charge is -2.07. The van der Waals surface area contributed by atoms with Crippen LogP contribution in [0, 0.1) is 18.3 Å². The number of pyridine rings is 1. The van der Waals surface area contributed by atoms with Gasteiger partial charge in [-0.25, -0.2) is 4.98 Å². The number of nitrogens with one attached hydrogen (secondary N) is 1. The topological polar surface area (TPSA) is 65.8 Å². The van der Waals surface area contributed by atoms with Crippen LogP contribution in [0.5, 0.6) is 0 Å². The third kappa shape index (κ3) is 4.37. The molecule has 0 unspecified atom stereocenters. The number of rotatable bonds is 5. The van der Waals surface area contributed by atoms with Gasteiger partial charge in [0, 0.05) is 11.9 Å². The fourth-order valence-electron chi connectivity index (χ4n) is 2.45. The molecule has 1 aromatic heterocycles. The Kier molecular flexibility index (Phi) is 5.32. The lowest BCUT2D eigenvalue weighted by atomic mass is 10.1. The van der Waals surface area contributed by atoms with Crippen LogP contribution in [0.2, 0.25) is 0 Å². The van der Waals surface area contributed by atoms with Crippen molar-refractivity contribution in [1.29, 1.82) is 5.26 Å². The van der Waals surface area contributed by atoms with Crippen molar-refractivity contribution in [1.82, 2.24) is 10.3 Å². The Bertz CT molecular complexity index is 948. The minimum Gasteiger partial charge on any atom is -0.351 e. The Balaban J connectivity index is 1.67. The Morgan fingerprint density at radius 3 is 2.76 bits per heavy atom. The summed E-state index contributed by atoms with van der Waals surface area (Å²) < 4.78 is 0. The zero-order valence-electron chi connectivity index (χ0n) is 13.8. The Morgan fingerprint density at radius 1 is 1.20 bits per heavy atom. The Labute approximate surface area is 150 Å². The number of hydrogen-bond acceptors (Lipinski definition) is 4. The number of thioether (sulfide) groups is 1. The largest absolute Gasteiger partial charge is 0.351 e. The summed E-state index contributed by atoms with van der Waals surface area (Å²) in [6, 6.07) is 19.7. The number of carbonyl (C=O) groups excluding carboxylic acids is 1. The maximum absolute atomic E-state index is 12.1. The first-order valence-corrected chi connectivity index (χ1v) is 8.89. The molecule has 0 saturated heterocycles. The summed E-state index contributed by atoms with van der Waals surface area (Å²) in [5.41, 5.74) is 3.51. The van der Waals surface area contributed by atoms with Gasteiger partial charge in [-0.05, 0) is 30.7 Å². The highest BCUT2D eigenvalue weighted by molar-refractivity contribution is 8.00. The molecular formula is C20H17N3OS. The average Bonchev–Trinajstić information content (AvgIpc) is 2.64. The van der Waals surface area contributed by atoms with Gasteiger partial charge in [-0.15, -0.1) is 0 Å². The average molecular weight is 347 g/mol. The van der Waals surface area contributed by atoms with Gasteiger partial charge < -0.3 is 5.32 Å². The second-order valence-corrected chi connectivity index (χ2v) is 6.66. The van der Waals surface area contributed by atoms with E-state index >= 15 is 0 Å². The quantitative estimate of drug-likeness (QED) is 0.713. The molecule has 1 N–H and O–H groups in total. The number of hydrogen-bond donors (Lipinski definition) is 1. The summed E-state index contributed by atoms with van der Waals surface area (Å²) in [6.45, 7) is 2.50. The molecule has 0 aliphatic carbocycles. The number of aryl methyl sites for hydroxylation is 1. The van der Waals surface area contributed by atoms with Crippen LogP contribution < -0.4 is 5.32 Å². The van der Waals surface area contributed by atoms with Crippen LogP contribution in [0.3, 0.4) is 0 Å². The molecular weight excluding hydrogens is 330 g/mol. The van der Waals surface area contributed by atoms with Crippen LogP contribution in [0.15, 0.2) is 59.6 Å². The van der Waals surface area contributed by atoms with E-state index in [2.05, 4.69) is 16.4 Å². The van der Waals surface area contributed by atoms with Gasteiger partial charge in [0.25, 0.3) is 0 Å². The minimum atomic E-state index is -0.0801. The van der Waals surface area contributed by atoms with E-state index in [0.29, 0.717) is 17.1 Å². The van der Waals surface area contributed by atoms with Gasteiger partial charge in [0.15, 0.2) is 0 Å². The first-order valence-electron chi connectivity index (χ1n) is 7.90. The first kappa shape index (κ1) is 17.0. The molecule has 0 radical (unpaired) electrons. The zero-order valence-corrected chi connectivity index (χ0v) is 14.6. The number of nitrogens with zero attached hydrogens (tertiary/aromatic N) is 2. The van der Waals surface area contributed by atoms with Gasteiger partial charge in [0.2, 0.25) is 5.91 Å². The third-order valence-electron chi connectivity index (χ3n) is 3.73. The molecule has 3 rings (SSSR count). The molecule has 0 saturated carbocycles. The van der Waals surface area contributed by atoms with E-state index in [4.69, 9.17) is 0 Å². The smallest absolute Gasteiger partial charge is 0.230 e. The molecule has 124 valence electrons. The molecule has 2 aromatic carbocycles. The standard InChI is InChI=1S/C20H17N3OS/c1-14-7-8-18-16(9-14)10-17(11-21)20(23-18)25-13-19(24)22-12-15-5-3-2-4-6-15/h2-10H,12-13H2,1H3,(H,22,24). The van der Waals surface area contributed by atoms with Crippen molar-refractivity contribution in [2.24, 2.45) is 0 Å². The number of fused-ring (bicyclic) bond motifs is 1. The normalized spacial score (nSPS) is 10.4. The molecule has 0 fully saturated rings. The van der Waals surface area contributed by atoms with Gasteiger partial charge in [0.05, 0.1) is 16.8 Å². The van der Waals surface area contributed by atoms with Crippen LogP contribution in [-0.4, -0.2) is 16.6 Å². The molecule has 1 amide bonds. The highest BCUT2D eigenvalue weighted by atomic mass is 32.2. The molecule has 0 spiro atoms. The SMILES string of the molecule is Cc1ccc2nc(SCC(=O)NCc3ccccc3)c(C#N)cc2c1. The Hall–Kier alpha value is -2.84. The number of carbonyl (C=O) groups is 1. The second kappa shape index (κ2) is 7.82. The fourth-order valence-corrected chi connectivity index (χ4v) is 3.24. The molecule has 4 nitrogen and oxygen atoms in total. The van der Waals surface area contributed by atoms with E-state index in [0.717, 1.165) is 22.0 Å². The molecule has 0 aliphatic rings. The van der Waals surface area contributed by atoms with Crippen LogP contribution >= 0.6 is 11.8 Å². The van der Waals surface area contributed by atoms with Gasteiger partial charge in [0.1, 0.15) is 11.1 Å². The van der Waals surface area contributed by atoms with E-state index in [1.807, 2.05) is 61.5 Å². The van der Waals surface area contributed by atoms with E-state index < -0.39 is 0 Å². The predicted molar refractivity (Wildman–Crippen MR) is 100 cm³/mol. The molecule has 25 heavy (non-hydrogen) atoms. The van der Waals surface area contributed by atoms with Crippen molar-refractivity contribution in [3.8, 4) is 6.07 Å². The van der Waals surface area contributed by atoms with Crippen molar-refractivity contribution >= 4 is 28.6 Å². The third-order valence-corrected chi connectivity index (χ3v) is 4.72. The van der Waals surface area contributed by atoms with Crippen LogP contribution in [0.1, 0.15) is 16.7 Å². The van der Waals surface area contributed by atoms with Gasteiger partial charge in [-0.3, -0.25) is 4.79 Å². The van der Waals surface area contributed by atoms with Crippen molar-refractivity contribution < 1.29 is 4.79 Å². The summed E-state index contributed by atoms with van der Waals surface area (Å²) in [5, 5.41) is 13.8. The van der Waals surface area contributed by atoms with Crippen molar-refractivity contribution in [3.63, 3.8) is 0 Å². The number of nitriles is 1. The molecule has 1 heterocycles. The first-order chi connectivity index (χ1) is 12.2. The molecule has 0 atom stereocenters. The lowest BCUT2D eigenvalue weighted by molar-refractivity contribution is -0.118. The maximum Gasteiger partial charge on any atom is 0.230 e. The van der Waals surface area contributed by atoms with E-state index in [1.165, 1.54) is 11.8 Å². The van der Waals surface area contributed by atoms with Gasteiger partial charge >= 0.3 is 0 Å². The van der Waals surface area contributed by atoms with Crippen molar-refractivity contribution in [3.05, 3.63) is 71.3 Å². The minimum absolute atomic E-state index is 0.0801. The van der Waals surface area contributed by atoms with Crippen LogP contribution in [0.25, 0.3) is 10.9 Å². The van der Waals surface area contributed by atoms with Crippen molar-refractivity contribution in [2.75, 3.05) is 5.75 Å². The summed E-state index contributed by atoms with van der Waals surface area (Å²) >= 11 is 1.29. The highest BCUT2D eigenvalue weighted by Crippen LogP contribution is 2.25. The second-order valence-electron chi connectivity index (χ2n) is 5.70. The van der Waals surface area contributed by atoms with Gasteiger partial charge in [-0.2, -0.15) is 5.26 Å². The zero-order chi connectivity index (χ0) is 17.6. The van der Waals surface area contributed by atoms with Crippen LogP contribution in [-0.2, 0) is 11.3 Å². The molecule has 5 heteroatoms. The van der Waals surface area contributed by atoms with Gasteiger partial charge in [-0.1, -0.05) is 53.7 Å². The lowest BCUT2D eigenvalue weighted by Crippen LogP contribution is -2.24. The highest BCUT2D eigenvalue weighted by Gasteiger charge is 2.10. The summed E-state index contributed by atoms with van der Waals surface area (Å²) in [5.74, 6) is 0.148. The fraction of sp³-hybridized carbons (Fsp3) is 0.150. The van der Waals surface area contributed by atoms with E-state index in [9.17, 15) is 10.1 Å². The number of amides is 1. The predicted octanol–water partition coefficient (Wildman–Crippen LogP) is 3.82. The summed E-state index contributed by atoms with van der Waals surface area (Å²) in [6.07, 6.45) is 0. The number of aromatic nitrogens is 1. The van der Waals surface area contributed by atoms with Crippen LogP contribution in [0.4, 0.5) is 0 Å². The Morgan fingerprint density at radius 2 is 2.00 bits per heavy atom. The molecule has 0 bridgehead atoms. The van der Waals surface area contributed by atoms with E-state index in [1.54, 1.807) is 0 Å². The monoisotopic (exact) mass is 347 g/mol. The summed E-state index contributed by atoms with van der Waals surface area (Å²) in [7, 11) is 0. The molecule has 0 aliphatic heterocycles. The summed E-state index contributed by atoms with van der Waals surface area (Å²) in [4.78, 5) is 16.6. The number of benzene rings is 2. The van der Waals surface area contributed by atoms with E-state index in [-0.39, 0.29) is 11.7 Å². The maximum atomic E-state index is 12.1. The molecule has 3 aromatic rings. The van der Waals surface area contributed by atoms with Crippen molar-refractivity contribution in [2.45, 2.75) is 18.5 Å².